The fourth-order valence-corrected chi connectivity index (χ4v) is 2.82. The molecule has 7 heteroatoms. The van der Waals surface area contributed by atoms with Gasteiger partial charge in [0.05, 0.1) is 0 Å². The topological polar surface area (TPSA) is 67.6 Å². The molecule has 1 amide bonds. The second-order valence-electron chi connectivity index (χ2n) is 7.05. The maximum atomic E-state index is 13.3. The van der Waals surface area contributed by atoms with Gasteiger partial charge in [-0.2, -0.15) is 0 Å². The number of alkyl carbamates (subject to hydrolysis) is 1. The number of anilines is 2. The van der Waals surface area contributed by atoms with E-state index in [2.05, 4.69) is 5.32 Å². The first kappa shape index (κ1) is 18.3. The van der Waals surface area contributed by atoms with E-state index in [-0.39, 0.29) is 11.6 Å². The molecule has 0 aromatic heterocycles. The predicted octanol–water partition coefficient (Wildman–Crippen LogP) is 3.70. The lowest BCUT2D eigenvalue weighted by molar-refractivity contribution is 0.0499. The zero-order valence-corrected chi connectivity index (χ0v) is 14.3. The van der Waals surface area contributed by atoms with Crippen LogP contribution in [-0.4, -0.2) is 30.8 Å². The first-order valence-electron chi connectivity index (χ1n) is 8.08. The maximum Gasteiger partial charge on any atom is 0.407 e. The third kappa shape index (κ3) is 4.97. The summed E-state index contributed by atoms with van der Waals surface area (Å²) in [4.78, 5) is 13.8. The summed E-state index contributed by atoms with van der Waals surface area (Å²) in [6.07, 6.45) is -1.49. The van der Waals surface area contributed by atoms with Gasteiger partial charge >= 0.3 is 6.09 Å². The van der Waals surface area contributed by atoms with Crippen molar-refractivity contribution in [3.63, 3.8) is 0 Å². The number of nitrogens with zero attached hydrogens (tertiary/aromatic N) is 1. The van der Waals surface area contributed by atoms with Crippen molar-refractivity contribution in [2.45, 2.75) is 51.7 Å². The number of nitrogen functional groups attached to an aromatic ring is 1. The number of hydrogen-bond donors (Lipinski definition) is 2. The molecule has 5 nitrogen and oxygen atoms in total. The highest BCUT2D eigenvalue weighted by Crippen LogP contribution is 2.33. The first-order chi connectivity index (χ1) is 11.2. The summed E-state index contributed by atoms with van der Waals surface area (Å²) in [5.41, 5.74) is 5.76. The minimum absolute atomic E-state index is 0.0760. The quantitative estimate of drug-likeness (QED) is 0.823. The van der Waals surface area contributed by atoms with Crippen LogP contribution in [0.4, 0.5) is 25.0 Å². The number of rotatable bonds is 3. The monoisotopic (exact) mass is 341 g/mol. The van der Waals surface area contributed by atoms with Gasteiger partial charge in [0.25, 0.3) is 6.43 Å². The Labute approximate surface area is 141 Å². The van der Waals surface area contributed by atoms with Crippen LogP contribution in [0.15, 0.2) is 18.2 Å². The standard InChI is InChI=1S/C17H25F2N3O2/c1-17(2,3)24-16(23)21-12-5-4-8-22(10-12)14-7-6-11(20)9-13(14)15(18)19/h6-7,9,12,15H,4-5,8,10,20H2,1-3H3,(H,21,23)/t12-/m0/s1. The van der Waals surface area contributed by atoms with Crippen molar-refractivity contribution in [2.24, 2.45) is 0 Å². The summed E-state index contributed by atoms with van der Waals surface area (Å²) in [6.45, 7) is 6.51. The summed E-state index contributed by atoms with van der Waals surface area (Å²) in [7, 11) is 0. The Hall–Kier alpha value is -2.05. The van der Waals surface area contributed by atoms with Gasteiger partial charge in [0.15, 0.2) is 0 Å². The SMILES string of the molecule is CC(C)(C)OC(=O)N[C@H]1CCCN(c2ccc(N)cc2C(F)F)C1. The van der Waals surface area contributed by atoms with E-state index in [1.54, 1.807) is 32.9 Å². The predicted molar refractivity (Wildman–Crippen MR) is 90.4 cm³/mol. The molecule has 0 saturated carbocycles. The van der Waals surface area contributed by atoms with Gasteiger partial charge in [-0.05, 0) is 51.8 Å². The molecule has 0 aliphatic carbocycles. The summed E-state index contributed by atoms with van der Waals surface area (Å²) in [5, 5.41) is 2.82. The smallest absolute Gasteiger partial charge is 0.407 e. The van der Waals surface area contributed by atoms with Crippen LogP contribution >= 0.6 is 0 Å². The molecule has 134 valence electrons. The van der Waals surface area contributed by atoms with E-state index in [0.717, 1.165) is 12.8 Å². The lowest BCUT2D eigenvalue weighted by Crippen LogP contribution is -2.49. The number of nitrogens with one attached hydrogen (secondary N) is 1. The summed E-state index contributed by atoms with van der Waals surface area (Å²) in [6, 6.07) is 4.40. The second kappa shape index (κ2) is 7.23. The second-order valence-corrected chi connectivity index (χ2v) is 7.05. The molecule has 0 unspecified atom stereocenters. The van der Waals surface area contributed by atoms with Crippen molar-refractivity contribution in [2.75, 3.05) is 23.7 Å². The number of carbonyl (C=O) groups excluding carboxylic acids is 1. The van der Waals surface area contributed by atoms with E-state index < -0.39 is 18.1 Å². The van der Waals surface area contributed by atoms with Crippen molar-refractivity contribution in [1.29, 1.82) is 0 Å². The van der Waals surface area contributed by atoms with Gasteiger partial charge in [0, 0.05) is 36.1 Å². The van der Waals surface area contributed by atoms with Crippen LogP contribution in [0.5, 0.6) is 0 Å². The number of ether oxygens (including phenoxy) is 1. The zero-order valence-electron chi connectivity index (χ0n) is 14.3. The number of carbonyl (C=O) groups is 1. The average Bonchev–Trinajstić information content (AvgIpc) is 2.45. The molecule has 1 aliphatic heterocycles. The molecule has 1 aromatic rings. The van der Waals surface area contributed by atoms with E-state index in [1.165, 1.54) is 6.07 Å². The van der Waals surface area contributed by atoms with Crippen molar-refractivity contribution < 1.29 is 18.3 Å². The van der Waals surface area contributed by atoms with Crippen molar-refractivity contribution in [3.8, 4) is 0 Å². The highest BCUT2D eigenvalue weighted by Gasteiger charge is 2.26. The zero-order chi connectivity index (χ0) is 17.9. The molecule has 0 bridgehead atoms. The van der Waals surface area contributed by atoms with Gasteiger partial charge in [-0.25, -0.2) is 13.6 Å². The molecule has 1 fully saturated rings. The number of benzene rings is 1. The Kier molecular flexibility index (Phi) is 5.51. The molecule has 1 aliphatic rings. The molecular formula is C17H25F2N3O2. The Morgan fingerprint density at radius 3 is 2.75 bits per heavy atom. The molecule has 1 atom stereocenters. The van der Waals surface area contributed by atoms with Crippen LogP contribution in [0.1, 0.15) is 45.6 Å². The Balaban J connectivity index is 2.07. The van der Waals surface area contributed by atoms with Gasteiger partial charge in [0.1, 0.15) is 5.60 Å². The Bertz CT molecular complexity index is 588. The van der Waals surface area contributed by atoms with Crippen LogP contribution in [0.3, 0.4) is 0 Å². The number of alkyl halides is 2. The number of piperidine rings is 1. The number of nitrogens with two attached hydrogens (primary N) is 1. The molecule has 2 rings (SSSR count). The molecule has 1 saturated heterocycles. The number of amides is 1. The Morgan fingerprint density at radius 1 is 1.42 bits per heavy atom. The molecule has 1 aromatic carbocycles. The molecule has 1 heterocycles. The highest BCUT2D eigenvalue weighted by molar-refractivity contribution is 5.68. The van der Waals surface area contributed by atoms with E-state index in [1.807, 2.05) is 4.90 Å². The molecular weight excluding hydrogens is 316 g/mol. The van der Waals surface area contributed by atoms with Crippen molar-refractivity contribution in [3.05, 3.63) is 23.8 Å². The van der Waals surface area contributed by atoms with E-state index in [4.69, 9.17) is 10.5 Å². The maximum absolute atomic E-state index is 13.3. The Morgan fingerprint density at radius 2 is 2.12 bits per heavy atom. The average molecular weight is 341 g/mol. The lowest BCUT2D eigenvalue weighted by Gasteiger charge is -2.36. The fourth-order valence-electron chi connectivity index (χ4n) is 2.82. The molecule has 0 spiro atoms. The van der Waals surface area contributed by atoms with Gasteiger partial charge in [-0.1, -0.05) is 0 Å². The third-order valence-corrected chi connectivity index (χ3v) is 3.77. The van der Waals surface area contributed by atoms with E-state index >= 15 is 0 Å². The minimum Gasteiger partial charge on any atom is -0.444 e. The summed E-state index contributed by atoms with van der Waals surface area (Å²) < 4.78 is 31.8. The van der Waals surface area contributed by atoms with E-state index in [0.29, 0.717) is 24.5 Å². The van der Waals surface area contributed by atoms with Crippen LogP contribution in [0, 0.1) is 0 Å². The molecule has 24 heavy (non-hydrogen) atoms. The minimum atomic E-state index is -2.59. The van der Waals surface area contributed by atoms with Crippen LogP contribution in [0.25, 0.3) is 0 Å². The van der Waals surface area contributed by atoms with Gasteiger partial charge in [-0.15, -0.1) is 0 Å². The van der Waals surface area contributed by atoms with Crippen LogP contribution < -0.4 is 16.0 Å². The highest BCUT2D eigenvalue weighted by atomic mass is 19.3. The van der Waals surface area contributed by atoms with E-state index in [9.17, 15) is 13.6 Å². The first-order valence-corrected chi connectivity index (χ1v) is 8.08. The molecule has 3 N–H and O–H groups in total. The van der Waals surface area contributed by atoms with Gasteiger partial charge < -0.3 is 20.7 Å². The van der Waals surface area contributed by atoms with Crippen molar-refractivity contribution >= 4 is 17.5 Å². The van der Waals surface area contributed by atoms with Gasteiger partial charge in [0.2, 0.25) is 0 Å². The van der Waals surface area contributed by atoms with Crippen LogP contribution in [0.2, 0.25) is 0 Å². The number of hydrogen-bond acceptors (Lipinski definition) is 4. The normalized spacial score (nSPS) is 18.6. The lowest BCUT2D eigenvalue weighted by atomic mass is 10.0. The van der Waals surface area contributed by atoms with Crippen molar-refractivity contribution in [1.82, 2.24) is 5.32 Å². The largest absolute Gasteiger partial charge is 0.444 e. The summed E-state index contributed by atoms with van der Waals surface area (Å²) in [5.74, 6) is 0. The third-order valence-electron chi connectivity index (χ3n) is 3.77. The fraction of sp³-hybridized carbons (Fsp3) is 0.588. The van der Waals surface area contributed by atoms with Crippen LogP contribution in [-0.2, 0) is 4.74 Å². The summed E-state index contributed by atoms with van der Waals surface area (Å²) >= 11 is 0. The molecule has 0 radical (unpaired) electrons. The number of halogens is 2. The van der Waals surface area contributed by atoms with Gasteiger partial charge in [-0.3, -0.25) is 0 Å².